The molecule has 0 amide bonds. The molecule has 11 aromatic carbocycles. The maximum absolute atomic E-state index is 2.43. The highest BCUT2D eigenvalue weighted by molar-refractivity contribution is 7.99. The largest absolute Gasteiger partial charge is 0.310 e. The van der Waals surface area contributed by atoms with Crippen LogP contribution < -0.4 is 9.80 Å². The Kier molecular flexibility index (Phi) is 9.04. The van der Waals surface area contributed by atoms with E-state index in [1.54, 1.807) is 0 Å². The maximum Gasteiger partial charge on any atom is 0.0741 e. The first-order valence-electron chi connectivity index (χ1n) is 22.7. The van der Waals surface area contributed by atoms with Gasteiger partial charge in [-0.1, -0.05) is 188 Å². The molecule has 0 atom stereocenters. The van der Waals surface area contributed by atoms with Gasteiger partial charge in [0.05, 0.1) is 5.41 Å². The van der Waals surface area contributed by atoms with Crippen molar-refractivity contribution < 1.29 is 0 Å². The lowest BCUT2D eigenvalue weighted by Gasteiger charge is -2.40. The predicted molar refractivity (Wildman–Crippen MR) is 278 cm³/mol. The Balaban J connectivity index is 1.14. The standard InChI is InChI=1S/C63H42N2S/c1-3-22-48(23-4-1)64(50-36-34-43-18-7-9-20-45(43)38-50)52-40-47(41-53(42-52)65(49-24-5-2-6-25-49)51-37-35-44-19-8-10-21-46(44)39-51)54-27-17-28-56-55-26-11-12-29-57(55)63(62(54)56)58-30-13-15-32-60(58)66-61-33-16-14-31-59(61)63/h1-42H. The molecule has 0 radical (unpaired) electrons. The number of anilines is 6. The van der Waals surface area contributed by atoms with Crippen molar-refractivity contribution in [1.82, 2.24) is 0 Å². The van der Waals surface area contributed by atoms with E-state index in [9.17, 15) is 0 Å². The molecule has 0 bridgehead atoms. The van der Waals surface area contributed by atoms with Gasteiger partial charge in [-0.25, -0.2) is 0 Å². The Morgan fingerprint density at radius 2 is 0.712 bits per heavy atom. The summed E-state index contributed by atoms with van der Waals surface area (Å²) in [7, 11) is 0. The molecular formula is C63H42N2S. The molecule has 3 heteroatoms. The summed E-state index contributed by atoms with van der Waals surface area (Å²) in [5.74, 6) is 0. The molecule has 0 saturated carbocycles. The Morgan fingerprint density at radius 1 is 0.273 bits per heavy atom. The van der Waals surface area contributed by atoms with Crippen LogP contribution >= 0.6 is 11.8 Å². The number of hydrogen-bond acceptors (Lipinski definition) is 3. The summed E-state index contributed by atoms with van der Waals surface area (Å²) in [6, 6.07) is 94.1. The summed E-state index contributed by atoms with van der Waals surface area (Å²) in [6.07, 6.45) is 0. The van der Waals surface area contributed by atoms with Gasteiger partial charge in [-0.2, -0.15) is 0 Å². The summed E-state index contributed by atoms with van der Waals surface area (Å²) in [5, 5.41) is 4.82. The van der Waals surface area contributed by atoms with Crippen LogP contribution in [0.2, 0.25) is 0 Å². The Labute approximate surface area is 389 Å². The molecule has 1 spiro atoms. The number of para-hydroxylation sites is 2. The van der Waals surface area contributed by atoms with Crippen LogP contribution in [-0.4, -0.2) is 0 Å². The summed E-state index contributed by atoms with van der Waals surface area (Å²) in [4.78, 5) is 7.44. The molecule has 0 fully saturated rings. The van der Waals surface area contributed by atoms with E-state index in [4.69, 9.17) is 0 Å². The van der Waals surface area contributed by atoms with Crippen molar-refractivity contribution in [1.29, 1.82) is 0 Å². The Morgan fingerprint density at radius 3 is 1.27 bits per heavy atom. The lowest BCUT2D eigenvalue weighted by molar-refractivity contribution is 0.724. The van der Waals surface area contributed by atoms with Crippen molar-refractivity contribution in [2.75, 3.05) is 9.80 Å². The van der Waals surface area contributed by atoms with Crippen LogP contribution in [0.3, 0.4) is 0 Å². The molecule has 310 valence electrons. The van der Waals surface area contributed by atoms with Crippen molar-refractivity contribution in [3.8, 4) is 22.3 Å². The van der Waals surface area contributed by atoms with Gasteiger partial charge in [0.25, 0.3) is 0 Å². The fraction of sp³-hybridized carbons (Fsp3) is 0.0159. The number of hydrogen-bond donors (Lipinski definition) is 0. The highest BCUT2D eigenvalue weighted by atomic mass is 32.2. The van der Waals surface area contributed by atoms with Gasteiger partial charge in [-0.15, -0.1) is 0 Å². The van der Waals surface area contributed by atoms with E-state index in [1.165, 1.54) is 70.3 Å². The van der Waals surface area contributed by atoms with Crippen LogP contribution in [-0.2, 0) is 5.41 Å². The fourth-order valence-electron chi connectivity index (χ4n) is 10.8. The van der Waals surface area contributed by atoms with Crippen LogP contribution in [0, 0.1) is 0 Å². The molecular weight excluding hydrogens is 817 g/mol. The number of nitrogens with zero attached hydrogens (tertiary/aromatic N) is 2. The number of rotatable bonds is 7. The molecule has 0 saturated heterocycles. The van der Waals surface area contributed by atoms with E-state index in [0.717, 1.165) is 39.7 Å². The second-order valence-corrected chi connectivity index (χ2v) is 18.3. The molecule has 0 aromatic heterocycles. The van der Waals surface area contributed by atoms with Crippen LogP contribution in [0.1, 0.15) is 22.3 Å². The maximum atomic E-state index is 2.43. The first kappa shape index (κ1) is 38.4. The lowest BCUT2D eigenvalue weighted by Crippen LogP contribution is -2.32. The van der Waals surface area contributed by atoms with E-state index in [0.29, 0.717) is 0 Å². The van der Waals surface area contributed by atoms with Crippen LogP contribution in [0.5, 0.6) is 0 Å². The van der Waals surface area contributed by atoms with Gasteiger partial charge < -0.3 is 9.80 Å². The van der Waals surface area contributed by atoms with Crippen molar-refractivity contribution in [2.45, 2.75) is 15.2 Å². The number of benzene rings is 11. The van der Waals surface area contributed by atoms with Gasteiger partial charge in [0, 0.05) is 43.9 Å². The highest BCUT2D eigenvalue weighted by Crippen LogP contribution is 2.64. The molecule has 2 nitrogen and oxygen atoms in total. The average molecular weight is 859 g/mol. The SMILES string of the molecule is c1ccc(N(c2cc(-c3cccc4c3C3(c5ccccc5Sc5ccccc53)c3ccccc3-4)cc(N(c3ccccc3)c3ccc4ccccc4c3)c2)c2ccc3ccccc3c2)cc1. The molecule has 1 aliphatic heterocycles. The fourth-order valence-corrected chi connectivity index (χ4v) is 12.0. The Hall–Kier alpha value is -8.11. The topological polar surface area (TPSA) is 6.48 Å². The third-order valence-electron chi connectivity index (χ3n) is 13.6. The van der Waals surface area contributed by atoms with Crippen molar-refractivity contribution in [2.24, 2.45) is 0 Å². The zero-order chi connectivity index (χ0) is 43.6. The first-order chi connectivity index (χ1) is 32.7. The predicted octanol–water partition coefficient (Wildman–Crippen LogP) is 17.4. The quantitative estimate of drug-likeness (QED) is 0.158. The van der Waals surface area contributed by atoms with Crippen molar-refractivity contribution >= 4 is 67.4 Å². The normalized spacial score (nSPS) is 12.9. The van der Waals surface area contributed by atoms with Gasteiger partial charge in [-0.05, 0) is 145 Å². The third-order valence-corrected chi connectivity index (χ3v) is 14.8. The van der Waals surface area contributed by atoms with Gasteiger partial charge >= 0.3 is 0 Å². The van der Waals surface area contributed by atoms with E-state index >= 15 is 0 Å². The summed E-state index contributed by atoms with van der Waals surface area (Å²) < 4.78 is 0. The number of fused-ring (bicyclic) bond motifs is 11. The molecule has 66 heavy (non-hydrogen) atoms. The minimum Gasteiger partial charge on any atom is -0.310 e. The minimum absolute atomic E-state index is 0.550. The monoisotopic (exact) mass is 858 g/mol. The van der Waals surface area contributed by atoms with E-state index in [2.05, 4.69) is 265 Å². The van der Waals surface area contributed by atoms with Gasteiger partial charge in [0.2, 0.25) is 0 Å². The van der Waals surface area contributed by atoms with Gasteiger partial charge in [0.1, 0.15) is 0 Å². The zero-order valence-corrected chi connectivity index (χ0v) is 36.9. The van der Waals surface area contributed by atoms with Crippen LogP contribution in [0.15, 0.2) is 265 Å². The van der Waals surface area contributed by atoms with Gasteiger partial charge in [-0.3, -0.25) is 0 Å². The highest BCUT2D eigenvalue weighted by Gasteiger charge is 2.51. The van der Waals surface area contributed by atoms with Crippen molar-refractivity contribution in [3.05, 3.63) is 277 Å². The first-order valence-corrected chi connectivity index (χ1v) is 23.5. The molecule has 2 aliphatic rings. The molecule has 11 aromatic rings. The molecule has 1 aliphatic carbocycles. The summed E-state index contributed by atoms with van der Waals surface area (Å²) >= 11 is 1.89. The minimum atomic E-state index is -0.550. The Bertz CT molecular complexity index is 3470. The summed E-state index contributed by atoms with van der Waals surface area (Å²) in [5.41, 5.74) is 16.1. The van der Waals surface area contributed by atoms with E-state index < -0.39 is 5.41 Å². The smallest absolute Gasteiger partial charge is 0.0741 e. The molecule has 0 N–H and O–H groups in total. The zero-order valence-electron chi connectivity index (χ0n) is 36.1. The van der Waals surface area contributed by atoms with E-state index in [-0.39, 0.29) is 0 Å². The lowest BCUT2D eigenvalue weighted by atomic mass is 9.65. The van der Waals surface area contributed by atoms with E-state index in [1.807, 2.05) is 11.8 Å². The average Bonchev–Trinajstić information content (AvgIpc) is 3.68. The van der Waals surface area contributed by atoms with Crippen LogP contribution in [0.4, 0.5) is 34.1 Å². The summed E-state index contributed by atoms with van der Waals surface area (Å²) in [6.45, 7) is 0. The second kappa shape index (κ2) is 15.6. The second-order valence-electron chi connectivity index (χ2n) is 17.3. The molecule has 13 rings (SSSR count). The van der Waals surface area contributed by atoms with Crippen molar-refractivity contribution in [3.63, 3.8) is 0 Å². The molecule has 0 unspecified atom stereocenters. The third kappa shape index (κ3) is 6.05. The van der Waals surface area contributed by atoms with Gasteiger partial charge in [0.15, 0.2) is 0 Å². The van der Waals surface area contributed by atoms with Crippen LogP contribution in [0.25, 0.3) is 43.8 Å². The molecule has 1 heterocycles.